The molecule has 0 bridgehead atoms. The molecule has 0 atom stereocenters. The molecule has 1 saturated heterocycles. The maximum absolute atomic E-state index is 12.8. The Labute approximate surface area is 164 Å². The summed E-state index contributed by atoms with van der Waals surface area (Å²) >= 11 is 0. The molecule has 2 aromatic heterocycles. The van der Waals surface area contributed by atoms with E-state index in [0.717, 1.165) is 36.0 Å². The lowest BCUT2D eigenvalue weighted by molar-refractivity contribution is 0.0746. The largest absolute Gasteiger partial charge is 0.353 e. The van der Waals surface area contributed by atoms with Crippen molar-refractivity contribution in [3.8, 4) is 0 Å². The van der Waals surface area contributed by atoms with Gasteiger partial charge in [0.2, 0.25) is 0 Å². The Bertz CT molecular complexity index is 935. The van der Waals surface area contributed by atoms with Crippen LogP contribution in [0.25, 0.3) is 0 Å². The quantitative estimate of drug-likeness (QED) is 0.759. The molecular formula is C22H23N5O. The van der Waals surface area contributed by atoms with Crippen molar-refractivity contribution < 1.29 is 4.79 Å². The van der Waals surface area contributed by atoms with Crippen LogP contribution in [0.4, 0.5) is 17.3 Å². The molecule has 28 heavy (non-hydrogen) atoms. The molecule has 1 fully saturated rings. The predicted molar refractivity (Wildman–Crippen MR) is 111 cm³/mol. The minimum Gasteiger partial charge on any atom is -0.353 e. The second kappa shape index (κ2) is 8.08. The Morgan fingerprint density at radius 3 is 2.39 bits per heavy atom. The molecular weight excluding hydrogens is 350 g/mol. The molecule has 1 N–H and O–H groups in total. The third-order valence-corrected chi connectivity index (χ3v) is 4.96. The Morgan fingerprint density at radius 1 is 0.929 bits per heavy atom. The summed E-state index contributed by atoms with van der Waals surface area (Å²) in [5.74, 6) is 1.71. The van der Waals surface area contributed by atoms with Crippen molar-refractivity contribution in [3.05, 3.63) is 78.1 Å². The third-order valence-electron chi connectivity index (χ3n) is 4.96. The van der Waals surface area contributed by atoms with E-state index in [-0.39, 0.29) is 5.91 Å². The first-order valence-corrected chi connectivity index (χ1v) is 9.45. The van der Waals surface area contributed by atoms with Crippen LogP contribution in [0.5, 0.6) is 0 Å². The smallest absolute Gasteiger partial charge is 0.255 e. The van der Waals surface area contributed by atoms with Crippen LogP contribution in [0.2, 0.25) is 0 Å². The van der Waals surface area contributed by atoms with Gasteiger partial charge in [0.15, 0.2) is 0 Å². The number of hydrogen-bond acceptors (Lipinski definition) is 5. The summed E-state index contributed by atoms with van der Waals surface area (Å²) in [6, 6.07) is 17.6. The molecule has 142 valence electrons. The summed E-state index contributed by atoms with van der Waals surface area (Å²) in [4.78, 5) is 25.7. The molecule has 1 aliphatic rings. The molecule has 1 aromatic carbocycles. The SMILES string of the molecule is Cc1ccccc1Nc1ccc(C(=O)N2CCN(c3ccccn3)CC2)cn1. The van der Waals surface area contributed by atoms with E-state index in [1.54, 1.807) is 12.4 Å². The number of amides is 1. The van der Waals surface area contributed by atoms with E-state index in [9.17, 15) is 4.79 Å². The Balaban J connectivity index is 1.37. The second-order valence-electron chi connectivity index (χ2n) is 6.84. The number of aromatic nitrogens is 2. The number of carbonyl (C=O) groups is 1. The van der Waals surface area contributed by atoms with Crippen LogP contribution in [0.3, 0.4) is 0 Å². The number of aryl methyl sites for hydroxylation is 1. The van der Waals surface area contributed by atoms with Gasteiger partial charge in [-0.15, -0.1) is 0 Å². The minimum atomic E-state index is 0.0237. The van der Waals surface area contributed by atoms with Gasteiger partial charge in [-0.25, -0.2) is 9.97 Å². The van der Waals surface area contributed by atoms with Crippen molar-refractivity contribution in [1.82, 2.24) is 14.9 Å². The fourth-order valence-electron chi connectivity index (χ4n) is 3.31. The molecule has 6 heteroatoms. The van der Waals surface area contributed by atoms with Gasteiger partial charge >= 0.3 is 0 Å². The normalized spacial score (nSPS) is 14.0. The highest BCUT2D eigenvalue weighted by molar-refractivity contribution is 5.94. The number of piperazine rings is 1. The van der Waals surface area contributed by atoms with Crippen LogP contribution in [0, 0.1) is 6.92 Å². The van der Waals surface area contributed by atoms with E-state index in [2.05, 4.69) is 20.2 Å². The molecule has 3 aromatic rings. The summed E-state index contributed by atoms with van der Waals surface area (Å²) in [6.45, 7) is 4.97. The number of carbonyl (C=O) groups excluding carboxylic acids is 1. The number of hydrogen-bond donors (Lipinski definition) is 1. The maximum atomic E-state index is 12.8. The summed E-state index contributed by atoms with van der Waals surface area (Å²) in [7, 11) is 0. The lowest BCUT2D eigenvalue weighted by Gasteiger charge is -2.35. The number of anilines is 3. The number of benzene rings is 1. The number of rotatable bonds is 4. The van der Waals surface area contributed by atoms with Crippen LogP contribution >= 0.6 is 0 Å². The Kier molecular flexibility index (Phi) is 5.19. The van der Waals surface area contributed by atoms with Gasteiger partial charge in [-0.2, -0.15) is 0 Å². The third kappa shape index (κ3) is 3.96. The second-order valence-corrected chi connectivity index (χ2v) is 6.84. The van der Waals surface area contributed by atoms with Crippen molar-refractivity contribution in [2.45, 2.75) is 6.92 Å². The average molecular weight is 373 g/mol. The van der Waals surface area contributed by atoms with Gasteiger partial charge in [-0.3, -0.25) is 4.79 Å². The summed E-state index contributed by atoms with van der Waals surface area (Å²) in [6.07, 6.45) is 3.44. The standard InChI is InChI=1S/C22H23N5O/c1-17-6-2-3-7-19(17)25-20-10-9-18(16-24-20)22(28)27-14-12-26(13-15-27)21-8-4-5-11-23-21/h2-11,16H,12-15H2,1H3,(H,24,25). The fraction of sp³-hybridized carbons (Fsp3) is 0.227. The van der Waals surface area contributed by atoms with Crippen molar-refractivity contribution >= 4 is 23.2 Å². The minimum absolute atomic E-state index is 0.0237. The van der Waals surface area contributed by atoms with E-state index in [1.165, 1.54) is 0 Å². The Hall–Kier alpha value is -3.41. The molecule has 0 aliphatic carbocycles. The van der Waals surface area contributed by atoms with Crippen LogP contribution in [0.1, 0.15) is 15.9 Å². The van der Waals surface area contributed by atoms with E-state index < -0.39 is 0 Å². The predicted octanol–water partition coefficient (Wildman–Crippen LogP) is 3.49. The van der Waals surface area contributed by atoms with Crippen molar-refractivity contribution in [1.29, 1.82) is 0 Å². The number of nitrogens with zero attached hydrogens (tertiary/aromatic N) is 4. The zero-order chi connectivity index (χ0) is 19.3. The van der Waals surface area contributed by atoms with Crippen LogP contribution < -0.4 is 10.2 Å². The van der Waals surface area contributed by atoms with Crippen LogP contribution in [-0.4, -0.2) is 47.0 Å². The molecule has 0 radical (unpaired) electrons. The fourth-order valence-corrected chi connectivity index (χ4v) is 3.31. The molecule has 6 nitrogen and oxygen atoms in total. The highest BCUT2D eigenvalue weighted by atomic mass is 16.2. The zero-order valence-electron chi connectivity index (χ0n) is 15.9. The van der Waals surface area contributed by atoms with E-state index in [0.29, 0.717) is 18.7 Å². The molecule has 1 aliphatic heterocycles. The topological polar surface area (TPSA) is 61.4 Å². The number of pyridine rings is 2. The average Bonchev–Trinajstić information content (AvgIpc) is 2.76. The van der Waals surface area contributed by atoms with Gasteiger partial charge in [0, 0.05) is 44.3 Å². The summed E-state index contributed by atoms with van der Waals surface area (Å²) in [5, 5.41) is 3.29. The first-order chi connectivity index (χ1) is 13.7. The first kappa shape index (κ1) is 18.0. The summed E-state index contributed by atoms with van der Waals surface area (Å²) in [5.41, 5.74) is 2.77. The molecule has 0 saturated carbocycles. The number of para-hydroxylation sites is 1. The molecule has 4 rings (SSSR count). The van der Waals surface area contributed by atoms with Crippen LogP contribution in [0.15, 0.2) is 67.0 Å². The van der Waals surface area contributed by atoms with Crippen molar-refractivity contribution in [2.75, 3.05) is 36.4 Å². The van der Waals surface area contributed by atoms with Gasteiger partial charge in [0.25, 0.3) is 5.91 Å². The van der Waals surface area contributed by atoms with Gasteiger partial charge in [-0.1, -0.05) is 24.3 Å². The van der Waals surface area contributed by atoms with Gasteiger partial charge < -0.3 is 15.1 Å². The van der Waals surface area contributed by atoms with E-state index in [1.807, 2.05) is 66.4 Å². The van der Waals surface area contributed by atoms with Gasteiger partial charge in [0.05, 0.1) is 5.56 Å². The molecule has 0 spiro atoms. The Morgan fingerprint density at radius 2 is 1.71 bits per heavy atom. The highest BCUT2D eigenvalue weighted by Gasteiger charge is 2.23. The molecule has 3 heterocycles. The van der Waals surface area contributed by atoms with Crippen molar-refractivity contribution in [2.24, 2.45) is 0 Å². The lowest BCUT2D eigenvalue weighted by Crippen LogP contribution is -2.49. The van der Waals surface area contributed by atoms with Gasteiger partial charge in [0.1, 0.15) is 11.6 Å². The molecule has 1 amide bonds. The molecule has 0 unspecified atom stereocenters. The van der Waals surface area contributed by atoms with Crippen LogP contribution in [-0.2, 0) is 0 Å². The number of nitrogens with one attached hydrogen (secondary N) is 1. The van der Waals surface area contributed by atoms with E-state index in [4.69, 9.17) is 0 Å². The van der Waals surface area contributed by atoms with Gasteiger partial charge in [-0.05, 0) is 42.8 Å². The maximum Gasteiger partial charge on any atom is 0.255 e. The first-order valence-electron chi connectivity index (χ1n) is 9.45. The monoisotopic (exact) mass is 373 g/mol. The lowest BCUT2D eigenvalue weighted by atomic mass is 10.2. The van der Waals surface area contributed by atoms with E-state index >= 15 is 0 Å². The van der Waals surface area contributed by atoms with Crippen molar-refractivity contribution in [3.63, 3.8) is 0 Å². The zero-order valence-corrected chi connectivity index (χ0v) is 15.9. The summed E-state index contributed by atoms with van der Waals surface area (Å²) < 4.78 is 0. The highest BCUT2D eigenvalue weighted by Crippen LogP contribution is 2.19.